The number of allylic oxidation sites excluding steroid dienone is 1. The quantitative estimate of drug-likeness (QED) is 0.811. The van der Waals surface area contributed by atoms with Crippen molar-refractivity contribution in [1.82, 2.24) is 0 Å². The van der Waals surface area contributed by atoms with Gasteiger partial charge >= 0.3 is 0 Å². The van der Waals surface area contributed by atoms with Crippen LogP contribution in [0.15, 0.2) is 60.2 Å². The average molecular weight is 332 g/mol. The van der Waals surface area contributed by atoms with Crippen molar-refractivity contribution in [3.05, 3.63) is 76.9 Å². The van der Waals surface area contributed by atoms with E-state index < -0.39 is 11.6 Å². The maximum Gasteiger partial charge on any atom is 0.234 e. The lowest BCUT2D eigenvalue weighted by atomic mass is 9.72. The van der Waals surface area contributed by atoms with Crippen LogP contribution in [0.3, 0.4) is 0 Å². The molecule has 2 aliphatic rings. The Balaban J connectivity index is 1.60. The molecule has 3 nitrogen and oxygen atoms in total. The fourth-order valence-electron chi connectivity index (χ4n) is 4.20. The Kier molecular flexibility index (Phi) is 4.00. The maximum atomic E-state index is 12.6. The van der Waals surface area contributed by atoms with Crippen LogP contribution < -0.4 is 0 Å². The number of aliphatic hydroxyl groups excluding tert-OH is 1. The molecule has 0 radical (unpaired) electrons. The monoisotopic (exact) mass is 332 g/mol. The van der Waals surface area contributed by atoms with Crippen molar-refractivity contribution < 1.29 is 14.7 Å². The van der Waals surface area contributed by atoms with Crippen LogP contribution in [0.1, 0.15) is 53.1 Å². The number of benzene rings is 2. The molecule has 0 atom stereocenters. The fraction of sp³-hybridized carbons (Fsp3) is 0.273. The summed E-state index contributed by atoms with van der Waals surface area (Å²) in [5, 5.41) is 10.7. The Morgan fingerprint density at radius 1 is 0.680 bits per heavy atom. The molecule has 0 heterocycles. The molecule has 0 unspecified atom stereocenters. The van der Waals surface area contributed by atoms with E-state index in [4.69, 9.17) is 0 Å². The minimum atomic E-state index is -0.528. The number of fused-ring (bicyclic) bond motifs is 1. The molecule has 0 spiro atoms. The van der Waals surface area contributed by atoms with Crippen LogP contribution in [-0.4, -0.2) is 16.7 Å². The summed E-state index contributed by atoms with van der Waals surface area (Å²) in [4.78, 5) is 25.0. The number of ketones is 2. The molecule has 126 valence electrons. The van der Waals surface area contributed by atoms with Crippen LogP contribution in [0.5, 0.6) is 0 Å². The lowest BCUT2D eigenvalue weighted by Crippen LogP contribution is -2.29. The Bertz CT molecular complexity index is 856. The average Bonchev–Trinajstić information content (AvgIpc) is 2.68. The summed E-state index contributed by atoms with van der Waals surface area (Å²) < 4.78 is 0. The molecule has 25 heavy (non-hydrogen) atoms. The van der Waals surface area contributed by atoms with E-state index in [-0.39, 0.29) is 11.7 Å². The van der Waals surface area contributed by atoms with Gasteiger partial charge in [0.15, 0.2) is 0 Å². The molecule has 0 amide bonds. The summed E-state index contributed by atoms with van der Waals surface area (Å²) in [6.45, 7) is 0. The number of carbonyl (C=O) groups excluding carboxylic acids is 2. The second kappa shape index (κ2) is 6.32. The molecule has 0 aliphatic heterocycles. The predicted molar refractivity (Wildman–Crippen MR) is 96.5 cm³/mol. The molecule has 3 heteroatoms. The first-order valence-electron chi connectivity index (χ1n) is 8.83. The van der Waals surface area contributed by atoms with Crippen molar-refractivity contribution in [1.29, 1.82) is 0 Å². The van der Waals surface area contributed by atoms with Crippen LogP contribution in [0, 0.1) is 5.92 Å². The SMILES string of the molecule is O=C1C(=O)c2ccccc2C(O)=C1C1CCC(c2ccccc2)CC1. The minimum absolute atomic E-state index is 0.00311. The largest absolute Gasteiger partial charge is 0.507 e. The molecule has 0 saturated heterocycles. The first kappa shape index (κ1) is 15.8. The zero-order chi connectivity index (χ0) is 17.4. The van der Waals surface area contributed by atoms with Crippen molar-refractivity contribution in [3.8, 4) is 0 Å². The van der Waals surface area contributed by atoms with Crippen molar-refractivity contribution in [2.45, 2.75) is 31.6 Å². The summed E-state index contributed by atoms with van der Waals surface area (Å²) in [7, 11) is 0. The summed E-state index contributed by atoms with van der Waals surface area (Å²) in [5.74, 6) is -0.567. The molecule has 0 bridgehead atoms. The Hall–Kier alpha value is -2.68. The van der Waals surface area contributed by atoms with E-state index >= 15 is 0 Å². The van der Waals surface area contributed by atoms with Crippen molar-refractivity contribution in [3.63, 3.8) is 0 Å². The van der Waals surface area contributed by atoms with Crippen LogP contribution in [0.2, 0.25) is 0 Å². The molecule has 1 saturated carbocycles. The number of rotatable bonds is 2. The third kappa shape index (κ3) is 2.70. The summed E-state index contributed by atoms with van der Waals surface area (Å²) in [6.07, 6.45) is 3.57. The molecular formula is C22H20O3. The van der Waals surface area contributed by atoms with Gasteiger partial charge in [0.1, 0.15) is 5.76 Å². The van der Waals surface area contributed by atoms with E-state index in [9.17, 15) is 14.7 Å². The number of hydrogen-bond acceptors (Lipinski definition) is 3. The highest BCUT2D eigenvalue weighted by Crippen LogP contribution is 2.42. The lowest BCUT2D eigenvalue weighted by Gasteiger charge is -2.31. The van der Waals surface area contributed by atoms with Crippen LogP contribution in [-0.2, 0) is 4.79 Å². The lowest BCUT2D eigenvalue weighted by molar-refractivity contribution is -0.112. The highest BCUT2D eigenvalue weighted by molar-refractivity contribution is 6.52. The van der Waals surface area contributed by atoms with Gasteiger partial charge in [-0.05, 0) is 43.1 Å². The highest BCUT2D eigenvalue weighted by Gasteiger charge is 2.38. The molecule has 1 N–H and O–H groups in total. The second-order valence-electron chi connectivity index (χ2n) is 6.93. The van der Waals surface area contributed by atoms with E-state index in [1.54, 1.807) is 24.3 Å². The van der Waals surface area contributed by atoms with Crippen molar-refractivity contribution in [2.24, 2.45) is 5.92 Å². The number of hydrogen-bond donors (Lipinski definition) is 1. The smallest absolute Gasteiger partial charge is 0.234 e. The van der Waals surface area contributed by atoms with Gasteiger partial charge in [-0.3, -0.25) is 9.59 Å². The first-order chi connectivity index (χ1) is 12.2. The maximum absolute atomic E-state index is 12.6. The van der Waals surface area contributed by atoms with Gasteiger partial charge in [0.2, 0.25) is 11.6 Å². The topological polar surface area (TPSA) is 54.4 Å². The second-order valence-corrected chi connectivity index (χ2v) is 6.93. The van der Waals surface area contributed by atoms with Crippen LogP contribution >= 0.6 is 0 Å². The van der Waals surface area contributed by atoms with E-state index in [1.807, 2.05) is 6.07 Å². The van der Waals surface area contributed by atoms with Gasteiger partial charge in [-0.2, -0.15) is 0 Å². The summed E-state index contributed by atoms with van der Waals surface area (Å²) in [5.41, 5.74) is 2.46. The van der Waals surface area contributed by atoms with Gasteiger partial charge in [0.05, 0.1) is 0 Å². The molecular weight excluding hydrogens is 312 g/mol. The number of aliphatic hydroxyl groups is 1. The Morgan fingerprint density at radius 2 is 1.24 bits per heavy atom. The summed E-state index contributed by atoms with van der Waals surface area (Å²) >= 11 is 0. The zero-order valence-electron chi connectivity index (χ0n) is 13.9. The molecule has 4 rings (SSSR count). The van der Waals surface area contributed by atoms with Crippen LogP contribution in [0.4, 0.5) is 0 Å². The highest BCUT2D eigenvalue weighted by atomic mass is 16.3. The van der Waals surface area contributed by atoms with E-state index in [0.717, 1.165) is 25.7 Å². The molecule has 0 aromatic heterocycles. The number of Topliss-reactive ketones (excluding diaryl/α,β-unsaturated/α-hetero) is 2. The van der Waals surface area contributed by atoms with Gasteiger partial charge in [0.25, 0.3) is 0 Å². The summed E-state index contributed by atoms with van der Waals surface area (Å²) in [6, 6.07) is 17.2. The molecule has 2 aromatic carbocycles. The van der Waals surface area contributed by atoms with Crippen molar-refractivity contribution in [2.75, 3.05) is 0 Å². The number of carbonyl (C=O) groups is 2. The van der Waals surface area contributed by atoms with Crippen LogP contribution in [0.25, 0.3) is 5.76 Å². The van der Waals surface area contributed by atoms with Gasteiger partial charge in [0, 0.05) is 16.7 Å². The normalized spacial score (nSPS) is 23.5. The third-order valence-electron chi connectivity index (χ3n) is 5.54. The standard InChI is InChI=1S/C22H20O3/c23-20-17-8-4-5-9-18(17)21(24)22(25)19(20)16-12-10-15(11-13-16)14-6-2-1-3-7-14/h1-9,15-16,23H,10-13H2. The van der Waals surface area contributed by atoms with Gasteiger partial charge in [-0.15, -0.1) is 0 Å². The van der Waals surface area contributed by atoms with E-state index in [1.165, 1.54) is 5.56 Å². The van der Waals surface area contributed by atoms with E-state index in [2.05, 4.69) is 24.3 Å². The molecule has 1 fully saturated rings. The Labute approximate surface area is 147 Å². The molecule has 2 aliphatic carbocycles. The fourth-order valence-corrected chi connectivity index (χ4v) is 4.20. The van der Waals surface area contributed by atoms with Gasteiger partial charge in [-0.25, -0.2) is 0 Å². The zero-order valence-corrected chi connectivity index (χ0v) is 13.9. The minimum Gasteiger partial charge on any atom is -0.507 e. The predicted octanol–water partition coefficient (Wildman–Crippen LogP) is 4.70. The van der Waals surface area contributed by atoms with Crippen molar-refractivity contribution >= 4 is 17.3 Å². The Morgan fingerprint density at radius 3 is 1.92 bits per heavy atom. The van der Waals surface area contributed by atoms with Gasteiger partial charge < -0.3 is 5.11 Å². The first-order valence-corrected chi connectivity index (χ1v) is 8.83. The molecule has 2 aromatic rings. The third-order valence-corrected chi connectivity index (χ3v) is 5.54. The van der Waals surface area contributed by atoms with E-state index in [0.29, 0.717) is 22.6 Å². The van der Waals surface area contributed by atoms with Gasteiger partial charge in [-0.1, -0.05) is 54.6 Å².